The smallest absolute Gasteiger partial charge is 0.357 e. The van der Waals surface area contributed by atoms with Crippen LogP contribution < -0.4 is 0 Å². The standard InChI is InChI=1S/C10H5ClN2O2S/c11-8-7(9(14)15)12-10-13(8)5-3-1-2-4-6(5)16-10/h1-4H,(H,14,15). The second-order valence-electron chi connectivity index (χ2n) is 3.24. The summed E-state index contributed by atoms with van der Waals surface area (Å²) in [4.78, 5) is 15.5. The maximum absolute atomic E-state index is 10.9. The minimum atomic E-state index is -1.11. The molecule has 80 valence electrons. The lowest BCUT2D eigenvalue weighted by Gasteiger charge is -1.92. The number of aromatic carboxylic acids is 1. The molecule has 0 bridgehead atoms. The van der Waals surface area contributed by atoms with Gasteiger partial charge in [0.1, 0.15) is 5.15 Å². The van der Waals surface area contributed by atoms with Gasteiger partial charge in [0.05, 0.1) is 10.2 Å². The van der Waals surface area contributed by atoms with E-state index in [2.05, 4.69) is 4.98 Å². The van der Waals surface area contributed by atoms with Crippen LogP contribution in [0.15, 0.2) is 24.3 Å². The van der Waals surface area contributed by atoms with Gasteiger partial charge in [-0.15, -0.1) is 0 Å². The number of para-hydroxylation sites is 1. The largest absolute Gasteiger partial charge is 0.476 e. The maximum atomic E-state index is 10.9. The molecule has 4 nitrogen and oxygen atoms in total. The molecule has 6 heteroatoms. The van der Waals surface area contributed by atoms with Crippen molar-refractivity contribution in [3.8, 4) is 0 Å². The highest BCUT2D eigenvalue weighted by atomic mass is 35.5. The van der Waals surface area contributed by atoms with Gasteiger partial charge in [-0.3, -0.25) is 4.40 Å². The van der Waals surface area contributed by atoms with E-state index >= 15 is 0 Å². The van der Waals surface area contributed by atoms with Crippen molar-refractivity contribution >= 4 is 44.1 Å². The predicted octanol–water partition coefficient (Wildman–Crippen LogP) is 2.90. The van der Waals surface area contributed by atoms with Crippen LogP contribution in [0.25, 0.3) is 15.2 Å². The van der Waals surface area contributed by atoms with Gasteiger partial charge in [-0.2, -0.15) is 0 Å². The Bertz CT molecular complexity index is 716. The van der Waals surface area contributed by atoms with Gasteiger partial charge in [0, 0.05) is 0 Å². The summed E-state index contributed by atoms with van der Waals surface area (Å²) in [6.07, 6.45) is 0. The van der Waals surface area contributed by atoms with Crippen molar-refractivity contribution in [3.05, 3.63) is 35.1 Å². The van der Waals surface area contributed by atoms with E-state index in [1.54, 1.807) is 4.40 Å². The summed E-state index contributed by atoms with van der Waals surface area (Å²) >= 11 is 7.42. The van der Waals surface area contributed by atoms with Crippen LogP contribution in [0, 0.1) is 0 Å². The zero-order valence-corrected chi connectivity index (χ0v) is 9.42. The predicted molar refractivity (Wildman–Crippen MR) is 62.5 cm³/mol. The topological polar surface area (TPSA) is 54.6 Å². The SMILES string of the molecule is O=C(O)c1nc2sc3ccccc3n2c1Cl. The van der Waals surface area contributed by atoms with Crippen molar-refractivity contribution in [1.29, 1.82) is 0 Å². The molecule has 2 heterocycles. The Kier molecular flexibility index (Phi) is 1.92. The molecular formula is C10H5ClN2O2S. The van der Waals surface area contributed by atoms with Crippen LogP contribution in [0.1, 0.15) is 10.5 Å². The number of aromatic nitrogens is 2. The lowest BCUT2D eigenvalue weighted by atomic mass is 10.3. The second kappa shape index (κ2) is 3.20. The minimum absolute atomic E-state index is 0.0985. The third-order valence-electron chi connectivity index (χ3n) is 2.30. The van der Waals surface area contributed by atoms with Gasteiger partial charge in [0.25, 0.3) is 0 Å². The molecular weight excluding hydrogens is 248 g/mol. The summed E-state index contributed by atoms with van der Waals surface area (Å²) in [5.74, 6) is -1.11. The number of halogens is 1. The molecule has 0 aliphatic carbocycles. The molecule has 0 atom stereocenters. The van der Waals surface area contributed by atoms with Gasteiger partial charge < -0.3 is 5.11 Å². The summed E-state index contributed by atoms with van der Waals surface area (Å²) < 4.78 is 2.69. The molecule has 0 aliphatic heterocycles. The molecule has 2 aromatic heterocycles. The minimum Gasteiger partial charge on any atom is -0.476 e. The zero-order chi connectivity index (χ0) is 11.3. The average molecular weight is 253 g/mol. The van der Waals surface area contributed by atoms with E-state index < -0.39 is 5.97 Å². The third kappa shape index (κ3) is 1.15. The molecule has 0 unspecified atom stereocenters. The molecule has 0 spiro atoms. The van der Waals surface area contributed by atoms with Crippen molar-refractivity contribution in [1.82, 2.24) is 9.38 Å². The summed E-state index contributed by atoms with van der Waals surface area (Å²) in [7, 11) is 0. The van der Waals surface area contributed by atoms with Crippen molar-refractivity contribution < 1.29 is 9.90 Å². The number of nitrogens with zero attached hydrogens (tertiary/aromatic N) is 2. The normalized spacial score (nSPS) is 11.3. The number of imidazole rings is 1. The van der Waals surface area contributed by atoms with Gasteiger partial charge in [-0.25, -0.2) is 9.78 Å². The summed E-state index contributed by atoms with van der Waals surface area (Å²) in [5, 5.41) is 9.05. The summed E-state index contributed by atoms with van der Waals surface area (Å²) in [5.41, 5.74) is 0.783. The highest BCUT2D eigenvalue weighted by Crippen LogP contribution is 2.30. The van der Waals surface area contributed by atoms with E-state index in [9.17, 15) is 4.79 Å². The maximum Gasteiger partial charge on any atom is 0.357 e. The van der Waals surface area contributed by atoms with Crippen molar-refractivity contribution in [2.45, 2.75) is 0 Å². The fraction of sp³-hybridized carbons (Fsp3) is 0. The van der Waals surface area contributed by atoms with Gasteiger partial charge in [-0.05, 0) is 12.1 Å². The number of hydrogen-bond acceptors (Lipinski definition) is 3. The Hall–Kier alpha value is -1.59. The zero-order valence-electron chi connectivity index (χ0n) is 7.85. The van der Waals surface area contributed by atoms with Crippen LogP contribution in [0.3, 0.4) is 0 Å². The quantitative estimate of drug-likeness (QED) is 0.725. The average Bonchev–Trinajstić information content (AvgIpc) is 2.75. The number of thiazole rings is 1. The number of hydrogen-bond donors (Lipinski definition) is 1. The first-order valence-corrected chi connectivity index (χ1v) is 5.66. The van der Waals surface area contributed by atoms with E-state index in [0.717, 1.165) is 10.2 Å². The Morgan fingerprint density at radius 1 is 1.44 bits per heavy atom. The highest BCUT2D eigenvalue weighted by Gasteiger charge is 2.19. The molecule has 16 heavy (non-hydrogen) atoms. The first kappa shape index (κ1) is 9.62. The fourth-order valence-electron chi connectivity index (χ4n) is 1.62. The molecule has 0 radical (unpaired) electrons. The first-order chi connectivity index (χ1) is 7.68. The number of carboxylic acid groups (broad SMARTS) is 1. The number of rotatable bonds is 1. The summed E-state index contributed by atoms with van der Waals surface area (Å²) in [6.45, 7) is 0. The van der Waals surface area contributed by atoms with Crippen LogP contribution in [-0.2, 0) is 0 Å². The highest BCUT2D eigenvalue weighted by molar-refractivity contribution is 7.23. The van der Waals surface area contributed by atoms with Crippen LogP contribution >= 0.6 is 22.9 Å². The number of carbonyl (C=O) groups is 1. The Morgan fingerprint density at radius 2 is 2.19 bits per heavy atom. The number of benzene rings is 1. The molecule has 0 aliphatic rings. The molecule has 0 saturated heterocycles. The molecule has 0 amide bonds. The molecule has 1 aromatic carbocycles. The fourth-order valence-corrected chi connectivity index (χ4v) is 2.99. The Balaban J connectivity index is 2.50. The van der Waals surface area contributed by atoms with E-state index in [-0.39, 0.29) is 10.8 Å². The number of carboxylic acids is 1. The Morgan fingerprint density at radius 3 is 2.94 bits per heavy atom. The first-order valence-electron chi connectivity index (χ1n) is 4.47. The van der Waals surface area contributed by atoms with Crippen LogP contribution in [0.2, 0.25) is 5.15 Å². The van der Waals surface area contributed by atoms with Crippen LogP contribution in [0.5, 0.6) is 0 Å². The summed E-state index contributed by atoms with van der Waals surface area (Å²) in [6, 6.07) is 7.64. The number of fused-ring (bicyclic) bond motifs is 3. The van der Waals surface area contributed by atoms with Gasteiger partial charge in [0.15, 0.2) is 10.7 Å². The molecule has 1 N–H and O–H groups in total. The van der Waals surface area contributed by atoms with E-state index in [4.69, 9.17) is 16.7 Å². The molecule has 0 fully saturated rings. The van der Waals surface area contributed by atoms with Crippen LogP contribution in [-0.4, -0.2) is 20.5 Å². The molecule has 3 rings (SSSR count). The van der Waals surface area contributed by atoms with E-state index in [1.165, 1.54) is 11.3 Å². The molecule has 0 saturated carbocycles. The lowest BCUT2D eigenvalue weighted by Crippen LogP contribution is -1.97. The van der Waals surface area contributed by atoms with Gasteiger partial charge in [-0.1, -0.05) is 35.1 Å². The van der Waals surface area contributed by atoms with Crippen LogP contribution in [0.4, 0.5) is 0 Å². The van der Waals surface area contributed by atoms with Crippen molar-refractivity contribution in [2.75, 3.05) is 0 Å². The van der Waals surface area contributed by atoms with Crippen molar-refractivity contribution in [2.24, 2.45) is 0 Å². The second-order valence-corrected chi connectivity index (χ2v) is 4.61. The molecule has 3 aromatic rings. The van der Waals surface area contributed by atoms with Gasteiger partial charge >= 0.3 is 5.97 Å². The van der Waals surface area contributed by atoms with E-state index in [0.29, 0.717) is 4.96 Å². The lowest BCUT2D eigenvalue weighted by molar-refractivity contribution is 0.0691. The van der Waals surface area contributed by atoms with Crippen molar-refractivity contribution in [3.63, 3.8) is 0 Å². The third-order valence-corrected chi connectivity index (χ3v) is 3.67. The van der Waals surface area contributed by atoms with E-state index in [1.807, 2.05) is 24.3 Å². The van der Waals surface area contributed by atoms with Gasteiger partial charge in [0.2, 0.25) is 0 Å². The Labute approximate surface area is 98.7 Å². The monoisotopic (exact) mass is 252 g/mol.